The van der Waals surface area contributed by atoms with E-state index in [4.69, 9.17) is 5.11 Å². The van der Waals surface area contributed by atoms with Gasteiger partial charge >= 0.3 is 5.97 Å². The molecule has 0 aromatic rings. The van der Waals surface area contributed by atoms with E-state index in [1.54, 1.807) is 13.0 Å². The number of hydrogen-bond donors (Lipinski definition) is 1. The summed E-state index contributed by atoms with van der Waals surface area (Å²) in [5.74, 6) is -0.626. The van der Waals surface area contributed by atoms with Crippen molar-refractivity contribution in [3.63, 3.8) is 0 Å². The molecule has 0 aromatic carbocycles. The first-order valence-corrected chi connectivity index (χ1v) is 3.53. The summed E-state index contributed by atoms with van der Waals surface area (Å²) >= 11 is 0. The number of aliphatic carboxylic acids is 1. The minimum atomic E-state index is -0.795. The Hall–Kier alpha value is -0.790. The summed E-state index contributed by atoms with van der Waals surface area (Å²) in [6.45, 7) is 5.66. The zero-order chi connectivity index (χ0) is 8.15. The average Bonchev–Trinajstić information content (AvgIpc) is 1.88. The third-order valence-corrected chi connectivity index (χ3v) is 1.70. The van der Waals surface area contributed by atoms with Crippen molar-refractivity contribution in [3.05, 3.63) is 11.6 Å². The van der Waals surface area contributed by atoms with Gasteiger partial charge in [-0.3, -0.25) is 0 Å². The molecule has 2 heteroatoms. The molecule has 1 unspecified atom stereocenters. The highest BCUT2D eigenvalue weighted by Gasteiger charge is 2.11. The Morgan fingerprint density at radius 2 is 2.20 bits per heavy atom. The standard InChI is InChI=1S/C8H14O2/c1-4-6(3)7(5-2)8(9)10/h5-6H,4H2,1-3H3,(H,9,10)/b7-5-. The van der Waals surface area contributed by atoms with Crippen LogP contribution in [0.25, 0.3) is 0 Å². The van der Waals surface area contributed by atoms with Gasteiger partial charge in [0.05, 0.1) is 0 Å². The van der Waals surface area contributed by atoms with Crippen molar-refractivity contribution >= 4 is 5.97 Å². The largest absolute Gasteiger partial charge is 0.478 e. The normalized spacial score (nSPS) is 14.9. The molecule has 1 N–H and O–H groups in total. The first-order chi connectivity index (χ1) is 4.63. The Balaban J connectivity index is 4.23. The average molecular weight is 142 g/mol. The van der Waals surface area contributed by atoms with E-state index in [0.717, 1.165) is 6.42 Å². The van der Waals surface area contributed by atoms with Crippen molar-refractivity contribution < 1.29 is 9.90 Å². The van der Waals surface area contributed by atoms with Crippen LogP contribution in [0.3, 0.4) is 0 Å². The summed E-state index contributed by atoms with van der Waals surface area (Å²) in [6, 6.07) is 0. The molecule has 0 bridgehead atoms. The van der Waals surface area contributed by atoms with Crippen LogP contribution in [0, 0.1) is 5.92 Å². The predicted molar refractivity (Wildman–Crippen MR) is 40.8 cm³/mol. The van der Waals surface area contributed by atoms with Crippen molar-refractivity contribution in [3.8, 4) is 0 Å². The summed E-state index contributed by atoms with van der Waals surface area (Å²) in [6.07, 6.45) is 2.54. The number of carboxylic acids is 1. The Bertz CT molecular complexity index is 147. The number of carboxylic acid groups (broad SMARTS) is 1. The molecule has 0 aliphatic carbocycles. The van der Waals surface area contributed by atoms with E-state index < -0.39 is 5.97 Å². The van der Waals surface area contributed by atoms with E-state index >= 15 is 0 Å². The second-order valence-electron chi connectivity index (χ2n) is 2.36. The molecule has 2 nitrogen and oxygen atoms in total. The van der Waals surface area contributed by atoms with Gasteiger partial charge in [-0.05, 0) is 19.3 Å². The van der Waals surface area contributed by atoms with Gasteiger partial charge in [-0.1, -0.05) is 19.9 Å². The quantitative estimate of drug-likeness (QED) is 0.612. The molecular weight excluding hydrogens is 128 g/mol. The van der Waals surface area contributed by atoms with E-state index in [-0.39, 0.29) is 5.92 Å². The molecular formula is C8H14O2. The van der Waals surface area contributed by atoms with E-state index in [1.165, 1.54) is 0 Å². The Kier molecular flexibility index (Phi) is 3.77. The number of carbonyl (C=O) groups is 1. The van der Waals surface area contributed by atoms with E-state index in [0.29, 0.717) is 5.57 Å². The fourth-order valence-corrected chi connectivity index (χ4v) is 0.839. The van der Waals surface area contributed by atoms with Gasteiger partial charge in [-0.25, -0.2) is 4.79 Å². The molecule has 0 aliphatic rings. The monoisotopic (exact) mass is 142 g/mol. The van der Waals surface area contributed by atoms with Gasteiger partial charge in [0, 0.05) is 5.57 Å². The molecule has 0 radical (unpaired) electrons. The third kappa shape index (κ3) is 2.21. The van der Waals surface area contributed by atoms with Gasteiger partial charge in [0.25, 0.3) is 0 Å². The van der Waals surface area contributed by atoms with Crippen LogP contribution < -0.4 is 0 Å². The Labute approximate surface area is 61.6 Å². The van der Waals surface area contributed by atoms with Crippen LogP contribution in [-0.2, 0) is 4.79 Å². The lowest BCUT2D eigenvalue weighted by Gasteiger charge is -2.07. The summed E-state index contributed by atoms with van der Waals surface area (Å²) in [7, 11) is 0. The van der Waals surface area contributed by atoms with Gasteiger partial charge in [0.1, 0.15) is 0 Å². The smallest absolute Gasteiger partial charge is 0.331 e. The van der Waals surface area contributed by atoms with Crippen molar-refractivity contribution in [2.45, 2.75) is 27.2 Å². The van der Waals surface area contributed by atoms with Crippen LogP contribution in [-0.4, -0.2) is 11.1 Å². The van der Waals surface area contributed by atoms with Gasteiger partial charge < -0.3 is 5.11 Å². The van der Waals surface area contributed by atoms with Crippen LogP contribution in [0.4, 0.5) is 0 Å². The summed E-state index contributed by atoms with van der Waals surface area (Å²) in [5.41, 5.74) is 0.516. The highest BCUT2D eigenvalue weighted by molar-refractivity contribution is 5.86. The van der Waals surface area contributed by atoms with Crippen molar-refractivity contribution in [1.29, 1.82) is 0 Å². The van der Waals surface area contributed by atoms with Crippen LogP contribution in [0.2, 0.25) is 0 Å². The number of allylic oxidation sites excluding steroid dienone is 1. The summed E-state index contributed by atoms with van der Waals surface area (Å²) in [5, 5.41) is 8.61. The molecule has 0 fully saturated rings. The lowest BCUT2D eigenvalue weighted by Crippen LogP contribution is -2.08. The van der Waals surface area contributed by atoms with Gasteiger partial charge in [-0.15, -0.1) is 0 Å². The highest BCUT2D eigenvalue weighted by atomic mass is 16.4. The van der Waals surface area contributed by atoms with Crippen LogP contribution in [0.1, 0.15) is 27.2 Å². The minimum absolute atomic E-state index is 0.169. The molecule has 0 heterocycles. The number of rotatable bonds is 3. The molecule has 0 spiro atoms. The van der Waals surface area contributed by atoms with Crippen LogP contribution in [0.5, 0.6) is 0 Å². The van der Waals surface area contributed by atoms with E-state index in [1.807, 2.05) is 13.8 Å². The zero-order valence-electron chi connectivity index (χ0n) is 6.72. The molecule has 0 amide bonds. The van der Waals surface area contributed by atoms with Crippen molar-refractivity contribution in [2.75, 3.05) is 0 Å². The summed E-state index contributed by atoms with van der Waals surface area (Å²) in [4.78, 5) is 10.5. The van der Waals surface area contributed by atoms with E-state index in [2.05, 4.69) is 0 Å². The Morgan fingerprint density at radius 3 is 2.30 bits per heavy atom. The van der Waals surface area contributed by atoms with Crippen LogP contribution in [0.15, 0.2) is 11.6 Å². The Morgan fingerprint density at radius 1 is 1.70 bits per heavy atom. The maximum absolute atomic E-state index is 10.5. The predicted octanol–water partition coefficient (Wildman–Crippen LogP) is 2.06. The molecule has 0 rings (SSSR count). The zero-order valence-corrected chi connectivity index (χ0v) is 6.72. The lowest BCUT2D eigenvalue weighted by molar-refractivity contribution is -0.133. The molecule has 1 atom stereocenters. The van der Waals surface area contributed by atoms with Crippen molar-refractivity contribution in [2.24, 2.45) is 5.92 Å². The van der Waals surface area contributed by atoms with Crippen LogP contribution >= 0.6 is 0 Å². The molecule has 58 valence electrons. The second kappa shape index (κ2) is 4.09. The lowest BCUT2D eigenvalue weighted by atomic mass is 9.99. The summed E-state index contributed by atoms with van der Waals surface area (Å²) < 4.78 is 0. The van der Waals surface area contributed by atoms with Gasteiger partial charge in [0.15, 0.2) is 0 Å². The fourth-order valence-electron chi connectivity index (χ4n) is 0.839. The third-order valence-electron chi connectivity index (χ3n) is 1.70. The van der Waals surface area contributed by atoms with Crippen molar-refractivity contribution in [1.82, 2.24) is 0 Å². The van der Waals surface area contributed by atoms with Gasteiger partial charge in [0.2, 0.25) is 0 Å². The van der Waals surface area contributed by atoms with E-state index in [9.17, 15) is 4.79 Å². The SMILES string of the molecule is C/C=C(\C(=O)O)C(C)CC. The molecule has 0 aromatic heterocycles. The maximum atomic E-state index is 10.5. The molecule has 0 aliphatic heterocycles. The molecule has 10 heavy (non-hydrogen) atoms. The van der Waals surface area contributed by atoms with Gasteiger partial charge in [-0.2, -0.15) is 0 Å². The first-order valence-electron chi connectivity index (χ1n) is 3.53. The first kappa shape index (κ1) is 9.21. The number of hydrogen-bond acceptors (Lipinski definition) is 1. The highest BCUT2D eigenvalue weighted by Crippen LogP contribution is 2.13. The second-order valence-corrected chi connectivity index (χ2v) is 2.36. The fraction of sp³-hybridized carbons (Fsp3) is 0.625. The molecule has 0 saturated carbocycles. The minimum Gasteiger partial charge on any atom is -0.478 e. The molecule has 0 saturated heterocycles. The maximum Gasteiger partial charge on any atom is 0.331 e. The topological polar surface area (TPSA) is 37.3 Å².